The van der Waals surface area contributed by atoms with Gasteiger partial charge in [0.2, 0.25) is 59.2 Å². The van der Waals surface area contributed by atoms with Crippen molar-refractivity contribution < 1.29 is 47.9 Å². The van der Waals surface area contributed by atoms with Gasteiger partial charge in [-0.05, 0) is 48.1 Å². The van der Waals surface area contributed by atoms with Gasteiger partial charge in [-0.1, -0.05) is 46.4 Å². The summed E-state index contributed by atoms with van der Waals surface area (Å²) in [5.74, 6) is -2.99. The van der Waals surface area contributed by atoms with E-state index in [9.17, 15) is 47.9 Å². The van der Waals surface area contributed by atoms with Gasteiger partial charge in [-0.25, -0.2) is 4.79 Å². The Morgan fingerprint density at radius 3 is 1.28 bits per heavy atom. The Kier molecular flexibility index (Phi) is 46.7. The third kappa shape index (κ3) is 40.9. The maximum absolute atomic E-state index is 11.5. The van der Waals surface area contributed by atoms with E-state index in [2.05, 4.69) is 77.3 Å². The Labute approximate surface area is 354 Å². The fourth-order valence-electron chi connectivity index (χ4n) is 3.72. The molecular formula is C35H69N11O10S2. The largest absolute Gasteiger partial charge is 0.356 e. The van der Waals surface area contributed by atoms with Crippen LogP contribution < -0.4 is 52.4 Å². The monoisotopic (exact) mass is 867 g/mol. The maximum Gasteiger partial charge on any atom is 0.246 e. The van der Waals surface area contributed by atoms with Crippen LogP contribution in [-0.2, 0) is 47.9 Å². The average Bonchev–Trinajstić information content (AvgIpc) is 3.15. The van der Waals surface area contributed by atoms with E-state index in [1.54, 1.807) is 41.5 Å². The van der Waals surface area contributed by atoms with Gasteiger partial charge in [0.1, 0.15) is 12.1 Å². The van der Waals surface area contributed by atoms with Gasteiger partial charge in [-0.2, -0.15) is 4.99 Å². The van der Waals surface area contributed by atoms with E-state index in [1.807, 2.05) is 20.8 Å². The first kappa shape index (κ1) is 62.5. The number of rotatable bonds is 20. The van der Waals surface area contributed by atoms with Crippen molar-refractivity contribution in [3.8, 4) is 0 Å². The summed E-state index contributed by atoms with van der Waals surface area (Å²) in [6.07, 6.45) is 1.50. The van der Waals surface area contributed by atoms with Gasteiger partial charge in [-0.3, -0.25) is 43.2 Å². The van der Waals surface area contributed by atoms with Crippen molar-refractivity contribution in [2.75, 3.05) is 45.8 Å². The Morgan fingerprint density at radius 2 is 0.897 bits per heavy atom. The molecule has 4 unspecified atom stereocenters. The van der Waals surface area contributed by atoms with E-state index < -0.39 is 18.0 Å². The Balaban J connectivity index is -0.000000212. The molecule has 9 amide bonds. The standard InChI is InChI=1S/C10H19N3O3.C9H15N3O3.C9H18N2O2.C5H10N2O2S2.C2H7N/c1-4-11-9(15)6-8(13-7(3)14)10(16)12-5-2;1-3-10-8(14)5-7(12-6-13)9(15)11-4-2;1-4-10-8(12)6-7(3)9(13)11-5-2;1-3(5(9)7-11)2-4(8)6-10;1-2-3/h8H,4-6H2,1-3H3,(H,11,15)(H,12,16)(H,13,14);7H,3-5H2,1-2H3,(H,10,14)(H,11,15);7H,4-6H2,1-3H3,(H,10,12)(H,11,13);3,10-11H,2H2,1H3,(H,6,8)(H,7,9);2-3H2,1H3. The van der Waals surface area contributed by atoms with Crippen molar-refractivity contribution in [2.24, 2.45) is 22.6 Å². The van der Waals surface area contributed by atoms with Crippen LogP contribution >= 0.6 is 25.6 Å². The van der Waals surface area contributed by atoms with Crippen LogP contribution in [0.1, 0.15) is 94.9 Å². The molecule has 0 aromatic heterocycles. The summed E-state index contributed by atoms with van der Waals surface area (Å²) in [6.45, 7) is 21.2. The fourth-order valence-corrected chi connectivity index (χ4v) is 4.03. The molecule has 0 aromatic rings. The molecule has 4 atom stereocenters. The highest BCUT2D eigenvalue weighted by Crippen LogP contribution is 2.02. The van der Waals surface area contributed by atoms with Crippen LogP contribution in [0.5, 0.6) is 0 Å². The molecule has 0 aliphatic rings. The number of likely N-dealkylation sites (N-methyl/N-ethyl adjacent to an activating group) is 2. The third-order valence-electron chi connectivity index (χ3n) is 6.26. The van der Waals surface area contributed by atoms with E-state index in [1.165, 1.54) is 13.0 Å². The van der Waals surface area contributed by atoms with Crippen molar-refractivity contribution in [2.45, 2.75) is 107 Å². The van der Waals surface area contributed by atoms with Gasteiger partial charge in [0.05, 0.1) is 12.8 Å². The molecule has 0 fully saturated rings. The molecule has 0 aromatic carbocycles. The van der Waals surface area contributed by atoms with Crippen LogP contribution in [0.4, 0.5) is 0 Å². The van der Waals surface area contributed by atoms with Crippen LogP contribution in [-0.4, -0.2) is 117 Å². The summed E-state index contributed by atoms with van der Waals surface area (Å²) in [7, 11) is 0. The number of thiol groups is 2. The summed E-state index contributed by atoms with van der Waals surface area (Å²) in [5, 5.41) is 17.9. The van der Waals surface area contributed by atoms with E-state index in [0.29, 0.717) is 39.3 Å². The highest BCUT2D eigenvalue weighted by Gasteiger charge is 2.22. The molecular weight excluding hydrogens is 799 g/mol. The molecule has 0 heterocycles. The molecule has 11 N–H and O–H groups in total. The number of carbonyl (C=O) groups excluding carboxylic acids is 10. The molecule has 0 aliphatic carbocycles. The molecule has 0 saturated carbocycles. The highest BCUT2D eigenvalue weighted by molar-refractivity contribution is 7.78. The first-order chi connectivity index (χ1) is 27.3. The molecule has 0 spiro atoms. The van der Waals surface area contributed by atoms with E-state index in [0.717, 1.165) is 6.54 Å². The SMILES string of the molecule is CC(CC(=O)NS)C(=O)NS.CCN.CCNC(=O)CC(C)C(=O)NCC.CCNC(=O)CC(N=C=O)C(=O)NCC.CCNC(=O)CC(NC(C)=O)C(=O)NCC. The second-order valence-corrected chi connectivity index (χ2v) is 12.0. The number of hydrogen-bond donors (Lipinski definition) is 12. The predicted octanol–water partition coefficient (Wildman–Crippen LogP) is -1.31. The maximum atomic E-state index is 11.5. The van der Waals surface area contributed by atoms with Crippen molar-refractivity contribution in [1.82, 2.24) is 46.7 Å². The normalized spacial score (nSPS) is 11.3. The number of hydrogen-bond acceptors (Lipinski definition) is 14. The molecule has 0 aliphatic heterocycles. The van der Waals surface area contributed by atoms with E-state index in [-0.39, 0.29) is 84.8 Å². The predicted molar refractivity (Wildman–Crippen MR) is 227 cm³/mol. The second-order valence-electron chi connectivity index (χ2n) is 11.6. The van der Waals surface area contributed by atoms with Crippen LogP contribution in [0, 0.1) is 11.8 Å². The number of nitrogens with one attached hydrogen (secondary N) is 9. The topological polar surface area (TPSA) is 317 Å². The molecule has 58 heavy (non-hydrogen) atoms. The molecule has 23 heteroatoms. The summed E-state index contributed by atoms with van der Waals surface area (Å²) in [6, 6.07) is -1.78. The number of nitrogens with two attached hydrogens (primary N) is 1. The Morgan fingerprint density at radius 1 is 0.534 bits per heavy atom. The number of aliphatic imine (C=N–C) groups is 1. The molecule has 0 saturated heterocycles. The van der Waals surface area contributed by atoms with Crippen LogP contribution in [0.25, 0.3) is 0 Å². The highest BCUT2D eigenvalue weighted by atomic mass is 32.1. The minimum Gasteiger partial charge on any atom is -0.356 e. The molecule has 0 bridgehead atoms. The van der Waals surface area contributed by atoms with E-state index in [4.69, 9.17) is 5.73 Å². The van der Waals surface area contributed by atoms with Gasteiger partial charge >= 0.3 is 0 Å². The summed E-state index contributed by atoms with van der Waals surface area (Å²) in [4.78, 5) is 113. The average molecular weight is 868 g/mol. The minimum atomic E-state index is -0.978. The molecule has 0 radical (unpaired) electrons. The quantitative estimate of drug-likeness (QED) is 0.0387. The van der Waals surface area contributed by atoms with Crippen molar-refractivity contribution in [3.63, 3.8) is 0 Å². The minimum absolute atomic E-state index is 0.0424. The zero-order chi connectivity index (χ0) is 46.1. The summed E-state index contributed by atoms with van der Waals surface area (Å²) >= 11 is 7.09. The third-order valence-corrected chi connectivity index (χ3v) is 6.73. The smallest absolute Gasteiger partial charge is 0.246 e. The fraction of sp³-hybridized carbons (Fsp3) is 0.714. The molecule has 21 nitrogen and oxygen atoms in total. The number of nitrogens with zero attached hydrogens (tertiary/aromatic N) is 1. The van der Waals surface area contributed by atoms with Crippen molar-refractivity contribution in [3.05, 3.63) is 0 Å². The van der Waals surface area contributed by atoms with Crippen LogP contribution in [0.3, 0.4) is 0 Å². The van der Waals surface area contributed by atoms with Gasteiger partial charge in [0.25, 0.3) is 0 Å². The van der Waals surface area contributed by atoms with Crippen molar-refractivity contribution >= 4 is 84.9 Å². The van der Waals surface area contributed by atoms with Crippen LogP contribution in [0.2, 0.25) is 0 Å². The summed E-state index contributed by atoms with van der Waals surface area (Å²) in [5.41, 5.74) is 4.85. The first-order valence-corrected chi connectivity index (χ1v) is 19.7. The second kappa shape index (κ2) is 43.4. The lowest BCUT2D eigenvalue weighted by Gasteiger charge is -2.16. The van der Waals surface area contributed by atoms with Gasteiger partial charge < -0.3 is 52.4 Å². The van der Waals surface area contributed by atoms with Gasteiger partial charge in [0, 0.05) is 70.9 Å². The number of isocyanates is 1. The number of carbonyl (C=O) groups is 9. The Bertz CT molecular complexity index is 1270. The van der Waals surface area contributed by atoms with E-state index >= 15 is 0 Å². The van der Waals surface area contributed by atoms with Crippen molar-refractivity contribution in [1.29, 1.82) is 0 Å². The lowest BCUT2D eigenvalue weighted by Crippen LogP contribution is -2.48. The molecule has 0 rings (SSSR count). The zero-order valence-corrected chi connectivity index (χ0v) is 37.4. The zero-order valence-electron chi connectivity index (χ0n) is 35.6. The van der Waals surface area contributed by atoms with Crippen LogP contribution in [0.15, 0.2) is 4.99 Å². The summed E-state index contributed by atoms with van der Waals surface area (Å²) < 4.78 is 4.27. The number of amides is 9. The van der Waals surface area contributed by atoms with Gasteiger partial charge in [-0.15, -0.1) is 0 Å². The molecule has 336 valence electrons. The lowest BCUT2D eigenvalue weighted by molar-refractivity contribution is -0.131. The lowest BCUT2D eigenvalue weighted by atomic mass is 10.1. The Hall–Kier alpha value is -4.73. The van der Waals surface area contributed by atoms with Gasteiger partial charge in [0.15, 0.2) is 0 Å². The first-order valence-electron chi connectivity index (χ1n) is 18.8.